The zero-order valence-electron chi connectivity index (χ0n) is 20.2. The van der Waals surface area contributed by atoms with Gasteiger partial charge in [0.05, 0.1) is 16.2 Å². The Labute approximate surface area is 215 Å². The normalized spacial score (nSPS) is 21.3. The van der Waals surface area contributed by atoms with Crippen molar-refractivity contribution in [2.75, 3.05) is 17.2 Å². The maximum atomic E-state index is 13.3. The zero-order valence-corrected chi connectivity index (χ0v) is 21.8. The van der Waals surface area contributed by atoms with Gasteiger partial charge in [-0.05, 0) is 75.2 Å². The Bertz CT molecular complexity index is 1170. The summed E-state index contributed by atoms with van der Waals surface area (Å²) in [5.41, 5.74) is 2.97. The molecule has 0 aliphatic heterocycles. The second-order valence-electron chi connectivity index (χ2n) is 10.8. The molecule has 4 aliphatic carbocycles. The van der Waals surface area contributed by atoms with Crippen LogP contribution in [0.2, 0.25) is 0 Å². The van der Waals surface area contributed by atoms with E-state index in [-0.39, 0.29) is 17.7 Å². The molecule has 0 aromatic carbocycles. The molecule has 4 aliphatic rings. The molecule has 2 aromatic rings. The Hall–Kier alpha value is -2.26. The highest BCUT2D eigenvalue weighted by Gasteiger charge is 2.34. The minimum atomic E-state index is -0.0376. The van der Waals surface area contributed by atoms with E-state index in [0.717, 1.165) is 72.1 Å². The lowest BCUT2D eigenvalue weighted by Gasteiger charge is -2.23. The van der Waals surface area contributed by atoms with Crippen molar-refractivity contribution in [2.24, 2.45) is 24.8 Å². The summed E-state index contributed by atoms with van der Waals surface area (Å²) in [7, 11) is 1.96. The highest BCUT2D eigenvalue weighted by Crippen LogP contribution is 2.42. The lowest BCUT2D eigenvalue weighted by Crippen LogP contribution is -2.28. The number of thiophene rings is 1. The van der Waals surface area contributed by atoms with Gasteiger partial charge in [0.1, 0.15) is 10.8 Å². The highest BCUT2D eigenvalue weighted by atomic mass is 32.1. The van der Waals surface area contributed by atoms with E-state index in [4.69, 9.17) is 12.2 Å². The van der Waals surface area contributed by atoms with E-state index in [1.807, 2.05) is 11.7 Å². The van der Waals surface area contributed by atoms with Crippen molar-refractivity contribution in [3.63, 3.8) is 0 Å². The molecule has 3 N–H and O–H groups in total. The van der Waals surface area contributed by atoms with Crippen LogP contribution in [0, 0.1) is 17.8 Å². The SMILES string of the molecule is Cn1nc(C2CC2)cc1NC(=S)C[C@H]1CCc2sc(NC(=O)C3CC3)c(C(=O)NCC3CC3)c2C1. The third-order valence-corrected chi connectivity index (χ3v) is 9.14. The van der Waals surface area contributed by atoms with Crippen LogP contribution in [0.5, 0.6) is 0 Å². The summed E-state index contributed by atoms with van der Waals surface area (Å²) in [6.45, 7) is 0.727. The van der Waals surface area contributed by atoms with Gasteiger partial charge in [0.2, 0.25) is 5.91 Å². The number of aryl methyl sites for hydroxylation is 2. The van der Waals surface area contributed by atoms with Crippen molar-refractivity contribution in [1.82, 2.24) is 15.1 Å². The summed E-state index contributed by atoms with van der Waals surface area (Å²) in [5, 5.41) is 15.0. The molecule has 2 amide bonds. The predicted molar refractivity (Wildman–Crippen MR) is 142 cm³/mol. The molecule has 3 fully saturated rings. The van der Waals surface area contributed by atoms with Crippen molar-refractivity contribution >= 4 is 51.2 Å². The molecule has 0 spiro atoms. The van der Waals surface area contributed by atoms with Gasteiger partial charge in [-0.3, -0.25) is 14.3 Å². The van der Waals surface area contributed by atoms with E-state index >= 15 is 0 Å². The number of carbonyl (C=O) groups excluding carboxylic acids is 2. The van der Waals surface area contributed by atoms with Crippen molar-refractivity contribution in [1.29, 1.82) is 0 Å². The summed E-state index contributed by atoms with van der Waals surface area (Å²) in [6, 6.07) is 2.12. The molecule has 3 saturated carbocycles. The number of thiocarbonyl (C=S) groups is 1. The largest absolute Gasteiger partial charge is 0.352 e. The number of anilines is 2. The Morgan fingerprint density at radius 1 is 1.11 bits per heavy atom. The van der Waals surface area contributed by atoms with Crippen molar-refractivity contribution in [3.05, 3.63) is 27.8 Å². The van der Waals surface area contributed by atoms with E-state index in [9.17, 15) is 9.59 Å². The number of amides is 2. The number of nitrogens with zero attached hydrogens (tertiary/aromatic N) is 2. The third-order valence-electron chi connectivity index (χ3n) is 7.66. The average molecular weight is 512 g/mol. The average Bonchev–Trinajstić information content (AvgIpc) is 3.70. The first-order valence-electron chi connectivity index (χ1n) is 13.0. The molecule has 0 bridgehead atoms. The fourth-order valence-electron chi connectivity index (χ4n) is 5.01. The molecular weight excluding hydrogens is 478 g/mol. The third kappa shape index (κ3) is 5.31. The molecule has 6 rings (SSSR count). The van der Waals surface area contributed by atoms with Crippen LogP contribution >= 0.6 is 23.6 Å². The second kappa shape index (κ2) is 9.32. The van der Waals surface area contributed by atoms with E-state index in [1.54, 1.807) is 11.3 Å². The molecule has 0 radical (unpaired) electrons. The quantitative estimate of drug-likeness (QED) is 0.422. The Balaban J connectivity index is 1.15. The van der Waals surface area contributed by atoms with Crippen LogP contribution in [0.1, 0.15) is 83.8 Å². The fraction of sp³-hybridized carbons (Fsp3) is 0.615. The molecule has 7 nitrogen and oxygen atoms in total. The predicted octanol–water partition coefficient (Wildman–Crippen LogP) is 4.78. The summed E-state index contributed by atoms with van der Waals surface area (Å²) in [4.78, 5) is 27.9. The van der Waals surface area contributed by atoms with E-state index in [1.165, 1.54) is 30.6 Å². The summed E-state index contributed by atoms with van der Waals surface area (Å²) >= 11 is 7.34. The smallest absolute Gasteiger partial charge is 0.254 e. The van der Waals surface area contributed by atoms with Crippen LogP contribution in [-0.2, 0) is 24.7 Å². The van der Waals surface area contributed by atoms with Crippen molar-refractivity contribution in [2.45, 2.75) is 70.1 Å². The first kappa shape index (κ1) is 23.2. The van der Waals surface area contributed by atoms with Gasteiger partial charge in [0.15, 0.2) is 0 Å². The second-order valence-corrected chi connectivity index (χ2v) is 12.4. The summed E-state index contributed by atoms with van der Waals surface area (Å²) in [6.07, 6.45) is 10.3. The van der Waals surface area contributed by atoms with Gasteiger partial charge in [0, 0.05) is 42.8 Å². The number of rotatable bonds is 9. The van der Waals surface area contributed by atoms with Crippen LogP contribution in [0.25, 0.3) is 0 Å². The van der Waals surface area contributed by atoms with Gasteiger partial charge < -0.3 is 16.0 Å². The van der Waals surface area contributed by atoms with Crippen LogP contribution in [-0.4, -0.2) is 33.1 Å². The molecule has 186 valence electrons. The van der Waals surface area contributed by atoms with Crippen LogP contribution in [0.4, 0.5) is 10.8 Å². The molecule has 35 heavy (non-hydrogen) atoms. The van der Waals surface area contributed by atoms with Gasteiger partial charge in [0.25, 0.3) is 5.91 Å². The molecule has 2 heterocycles. The maximum absolute atomic E-state index is 13.3. The van der Waals surface area contributed by atoms with Gasteiger partial charge in [-0.15, -0.1) is 11.3 Å². The van der Waals surface area contributed by atoms with E-state index in [2.05, 4.69) is 27.1 Å². The summed E-state index contributed by atoms with van der Waals surface area (Å²) < 4.78 is 1.88. The number of nitrogens with one attached hydrogen (secondary N) is 3. The number of fused-ring (bicyclic) bond motifs is 1. The van der Waals surface area contributed by atoms with E-state index in [0.29, 0.717) is 23.3 Å². The summed E-state index contributed by atoms with van der Waals surface area (Å²) in [5.74, 6) is 2.68. The lowest BCUT2D eigenvalue weighted by atomic mass is 9.84. The minimum Gasteiger partial charge on any atom is -0.352 e. The zero-order chi connectivity index (χ0) is 24.1. The molecular formula is C26H33N5O2S2. The van der Waals surface area contributed by atoms with Crippen LogP contribution in [0.3, 0.4) is 0 Å². The lowest BCUT2D eigenvalue weighted by molar-refractivity contribution is -0.117. The Morgan fingerprint density at radius 2 is 1.91 bits per heavy atom. The van der Waals surface area contributed by atoms with Gasteiger partial charge in [-0.25, -0.2) is 0 Å². The Kier molecular flexibility index (Phi) is 6.16. The number of carbonyl (C=O) groups is 2. The topological polar surface area (TPSA) is 88.1 Å². The van der Waals surface area contributed by atoms with Crippen molar-refractivity contribution in [3.8, 4) is 0 Å². The molecule has 0 unspecified atom stereocenters. The maximum Gasteiger partial charge on any atom is 0.254 e. The van der Waals surface area contributed by atoms with Crippen molar-refractivity contribution < 1.29 is 9.59 Å². The molecule has 1 atom stereocenters. The number of hydrogen-bond donors (Lipinski definition) is 3. The minimum absolute atomic E-state index is 0.0376. The molecule has 2 aromatic heterocycles. The van der Waals surface area contributed by atoms with Crippen LogP contribution < -0.4 is 16.0 Å². The first-order valence-corrected chi connectivity index (χ1v) is 14.2. The fourth-order valence-corrected chi connectivity index (χ4v) is 6.59. The molecule has 9 heteroatoms. The molecule has 0 saturated heterocycles. The monoisotopic (exact) mass is 511 g/mol. The Morgan fingerprint density at radius 3 is 2.63 bits per heavy atom. The van der Waals surface area contributed by atoms with E-state index < -0.39 is 0 Å². The van der Waals surface area contributed by atoms with Gasteiger partial charge in [-0.1, -0.05) is 12.2 Å². The number of aromatic nitrogens is 2. The first-order chi connectivity index (χ1) is 16.9. The standard InChI is InChI=1S/C26H33N5O2S2/c1-31-21(12-19(30-31)16-5-6-16)28-22(34)11-15-4-9-20-18(10-15)23(25(33)27-13-14-2-3-14)26(35-20)29-24(32)17-7-8-17/h12,14-17H,2-11,13H2,1H3,(H,27,33)(H,28,34)(H,29,32)/t15-/m0/s1. The van der Waals surface area contributed by atoms with Gasteiger partial charge >= 0.3 is 0 Å². The highest BCUT2D eigenvalue weighted by molar-refractivity contribution is 7.80. The number of hydrogen-bond acceptors (Lipinski definition) is 5. The van der Waals surface area contributed by atoms with Crippen LogP contribution in [0.15, 0.2) is 6.07 Å². The van der Waals surface area contributed by atoms with Gasteiger partial charge in [-0.2, -0.15) is 5.10 Å².